The van der Waals surface area contributed by atoms with Crippen molar-refractivity contribution in [2.24, 2.45) is 17.3 Å². The van der Waals surface area contributed by atoms with Gasteiger partial charge in [-0.05, 0) is 18.3 Å². The van der Waals surface area contributed by atoms with Crippen LogP contribution in [0.4, 0.5) is 0 Å². The second-order valence-electron chi connectivity index (χ2n) is 7.25. The normalized spacial score (nSPS) is 22.7. The summed E-state index contributed by atoms with van der Waals surface area (Å²) in [4.78, 5) is 25.9. The van der Waals surface area contributed by atoms with Crippen LogP contribution in [0.25, 0.3) is 0 Å². The molecule has 0 amide bonds. The third-order valence-electron chi connectivity index (χ3n) is 4.82. The molecule has 118 valence electrons. The molecule has 3 rings (SSSR count). The van der Waals surface area contributed by atoms with Gasteiger partial charge in [0, 0.05) is 23.0 Å². The summed E-state index contributed by atoms with van der Waals surface area (Å²) in [6.45, 7) is 4.30. The first-order valence-corrected chi connectivity index (χ1v) is 8.16. The van der Waals surface area contributed by atoms with Crippen LogP contribution in [-0.4, -0.2) is 11.6 Å². The molecule has 2 aromatic rings. The number of carbonyl (C=O) groups excluding carboxylic acids is 2. The van der Waals surface area contributed by atoms with E-state index in [2.05, 4.69) is 13.8 Å². The maximum Gasteiger partial charge on any atom is 0.166 e. The van der Waals surface area contributed by atoms with Crippen LogP contribution >= 0.6 is 0 Å². The van der Waals surface area contributed by atoms with Gasteiger partial charge in [-0.25, -0.2) is 0 Å². The number of hydrogen-bond acceptors (Lipinski definition) is 2. The standard InChI is InChI=1S/C21H22O2/c1-21(2)13-17(19(22)15-9-5-3-6-10-15)18(14-21)20(23)16-11-7-4-8-12-16/h3-12,17-18H,13-14H2,1-2H3/t17-,18-/m0/s1. The minimum absolute atomic E-state index is 0.0181. The summed E-state index contributed by atoms with van der Waals surface area (Å²) in [5.74, 6) is -0.240. The van der Waals surface area contributed by atoms with Gasteiger partial charge in [-0.15, -0.1) is 0 Å². The van der Waals surface area contributed by atoms with Crippen LogP contribution in [0.5, 0.6) is 0 Å². The molecule has 0 aromatic heterocycles. The van der Waals surface area contributed by atoms with E-state index in [1.165, 1.54) is 0 Å². The molecule has 1 aliphatic rings. The minimum Gasteiger partial charge on any atom is -0.294 e. The molecule has 1 aliphatic carbocycles. The van der Waals surface area contributed by atoms with Gasteiger partial charge in [-0.1, -0.05) is 74.5 Å². The molecule has 0 bridgehead atoms. The van der Waals surface area contributed by atoms with E-state index in [9.17, 15) is 9.59 Å². The lowest BCUT2D eigenvalue weighted by molar-refractivity contribution is 0.0794. The molecule has 2 aromatic carbocycles. The van der Waals surface area contributed by atoms with E-state index in [0.29, 0.717) is 11.1 Å². The van der Waals surface area contributed by atoms with Crippen molar-refractivity contribution in [3.05, 3.63) is 71.8 Å². The van der Waals surface area contributed by atoms with Gasteiger partial charge >= 0.3 is 0 Å². The lowest BCUT2D eigenvalue weighted by Crippen LogP contribution is -2.25. The second kappa shape index (κ2) is 6.11. The summed E-state index contributed by atoms with van der Waals surface area (Å²) in [5.41, 5.74) is 1.44. The first kappa shape index (κ1) is 15.7. The quantitative estimate of drug-likeness (QED) is 0.760. The molecule has 0 spiro atoms. The highest BCUT2D eigenvalue weighted by atomic mass is 16.1. The molecule has 0 aliphatic heterocycles. The molecule has 1 fully saturated rings. The van der Waals surface area contributed by atoms with Crippen LogP contribution in [0, 0.1) is 17.3 Å². The maximum absolute atomic E-state index is 12.9. The Kier molecular flexibility index (Phi) is 4.16. The van der Waals surface area contributed by atoms with E-state index >= 15 is 0 Å². The summed E-state index contributed by atoms with van der Waals surface area (Å²) < 4.78 is 0. The molecule has 2 heteroatoms. The molecule has 0 unspecified atom stereocenters. The SMILES string of the molecule is CC1(C)C[C@H](C(=O)c2ccccc2)[C@@H](C(=O)c2ccccc2)C1. The molecule has 2 nitrogen and oxygen atoms in total. The van der Waals surface area contributed by atoms with Gasteiger partial charge in [0.15, 0.2) is 11.6 Å². The molecule has 2 atom stereocenters. The molecule has 0 heterocycles. The largest absolute Gasteiger partial charge is 0.294 e. The number of Topliss-reactive ketones (excluding diaryl/α,β-unsaturated/α-hetero) is 2. The molecule has 0 radical (unpaired) electrons. The Morgan fingerprint density at radius 1 is 0.739 bits per heavy atom. The zero-order chi connectivity index (χ0) is 16.4. The number of benzene rings is 2. The predicted molar refractivity (Wildman–Crippen MR) is 91.5 cm³/mol. The van der Waals surface area contributed by atoms with Gasteiger partial charge < -0.3 is 0 Å². The van der Waals surface area contributed by atoms with E-state index < -0.39 is 0 Å². The highest BCUT2D eigenvalue weighted by molar-refractivity contribution is 6.05. The van der Waals surface area contributed by atoms with Crippen molar-refractivity contribution in [3.63, 3.8) is 0 Å². The van der Waals surface area contributed by atoms with Gasteiger partial charge in [0.25, 0.3) is 0 Å². The maximum atomic E-state index is 12.9. The van der Waals surface area contributed by atoms with E-state index in [0.717, 1.165) is 12.8 Å². The molecule has 0 saturated heterocycles. The first-order valence-electron chi connectivity index (χ1n) is 8.16. The first-order chi connectivity index (χ1) is 11.0. The van der Waals surface area contributed by atoms with Gasteiger partial charge in [-0.3, -0.25) is 9.59 Å². The van der Waals surface area contributed by atoms with Crippen molar-refractivity contribution in [1.82, 2.24) is 0 Å². The van der Waals surface area contributed by atoms with Crippen molar-refractivity contribution in [3.8, 4) is 0 Å². The van der Waals surface area contributed by atoms with Gasteiger partial charge in [0.05, 0.1) is 0 Å². The van der Waals surface area contributed by atoms with Crippen molar-refractivity contribution < 1.29 is 9.59 Å². The average Bonchev–Trinajstić information content (AvgIpc) is 2.91. The van der Waals surface area contributed by atoms with E-state index in [-0.39, 0.29) is 28.8 Å². The highest BCUT2D eigenvalue weighted by Crippen LogP contribution is 2.47. The van der Waals surface area contributed by atoms with E-state index in [1.54, 1.807) is 0 Å². The topological polar surface area (TPSA) is 34.1 Å². The Balaban J connectivity index is 1.91. The molecular weight excluding hydrogens is 284 g/mol. The smallest absolute Gasteiger partial charge is 0.166 e. The third-order valence-corrected chi connectivity index (χ3v) is 4.82. The van der Waals surface area contributed by atoms with Crippen LogP contribution in [0.2, 0.25) is 0 Å². The van der Waals surface area contributed by atoms with Crippen molar-refractivity contribution in [1.29, 1.82) is 0 Å². The summed E-state index contributed by atoms with van der Waals surface area (Å²) in [6, 6.07) is 18.7. The van der Waals surface area contributed by atoms with E-state index in [1.807, 2.05) is 60.7 Å². The summed E-state index contributed by atoms with van der Waals surface area (Å²) in [7, 11) is 0. The summed E-state index contributed by atoms with van der Waals surface area (Å²) in [5, 5.41) is 0. The fourth-order valence-corrected chi connectivity index (χ4v) is 3.74. The van der Waals surface area contributed by atoms with Crippen LogP contribution in [0.3, 0.4) is 0 Å². The Morgan fingerprint density at radius 3 is 1.43 bits per heavy atom. The number of hydrogen-bond donors (Lipinski definition) is 0. The Hall–Kier alpha value is -2.22. The Bertz CT molecular complexity index is 640. The van der Waals surface area contributed by atoms with Gasteiger partial charge in [0.1, 0.15) is 0 Å². The molecule has 1 saturated carbocycles. The third kappa shape index (κ3) is 3.26. The number of rotatable bonds is 4. The highest BCUT2D eigenvalue weighted by Gasteiger charge is 2.46. The van der Waals surface area contributed by atoms with Crippen LogP contribution in [-0.2, 0) is 0 Å². The summed E-state index contributed by atoms with van der Waals surface area (Å²) in [6.07, 6.45) is 1.54. The lowest BCUT2D eigenvalue weighted by Gasteiger charge is -2.17. The summed E-state index contributed by atoms with van der Waals surface area (Å²) >= 11 is 0. The fourth-order valence-electron chi connectivity index (χ4n) is 3.74. The molecule has 23 heavy (non-hydrogen) atoms. The monoisotopic (exact) mass is 306 g/mol. The van der Waals surface area contributed by atoms with Crippen LogP contribution in [0.1, 0.15) is 47.4 Å². The van der Waals surface area contributed by atoms with Crippen molar-refractivity contribution in [2.75, 3.05) is 0 Å². The minimum atomic E-state index is -0.222. The molecule has 0 N–H and O–H groups in total. The fraction of sp³-hybridized carbons (Fsp3) is 0.333. The second-order valence-corrected chi connectivity index (χ2v) is 7.25. The zero-order valence-corrected chi connectivity index (χ0v) is 13.7. The zero-order valence-electron chi connectivity index (χ0n) is 13.7. The predicted octanol–water partition coefficient (Wildman–Crippen LogP) is 4.80. The van der Waals surface area contributed by atoms with Crippen LogP contribution < -0.4 is 0 Å². The number of ketones is 2. The van der Waals surface area contributed by atoms with Crippen molar-refractivity contribution in [2.45, 2.75) is 26.7 Å². The number of carbonyl (C=O) groups is 2. The van der Waals surface area contributed by atoms with Gasteiger partial charge in [0.2, 0.25) is 0 Å². The molecular formula is C21H22O2. The van der Waals surface area contributed by atoms with Crippen LogP contribution in [0.15, 0.2) is 60.7 Å². The van der Waals surface area contributed by atoms with E-state index in [4.69, 9.17) is 0 Å². The Morgan fingerprint density at radius 2 is 1.09 bits per heavy atom. The average molecular weight is 306 g/mol. The lowest BCUT2D eigenvalue weighted by atomic mass is 9.83. The van der Waals surface area contributed by atoms with Gasteiger partial charge in [-0.2, -0.15) is 0 Å². The Labute approximate surface area is 137 Å². The van der Waals surface area contributed by atoms with Crippen molar-refractivity contribution >= 4 is 11.6 Å².